The highest BCUT2D eigenvalue weighted by Gasteiger charge is 2.14. The Kier molecular flexibility index (Phi) is 8.30. The number of fused-ring (bicyclic) bond motifs is 1. The van der Waals surface area contributed by atoms with Crippen molar-refractivity contribution in [3.8, 4) is 10.6 Å². The molecule has 0 fully saturated rings. The molecule has 4 nitrogen and oxygen atoms in total. The summed E-state index contributed by atoms with van der Waals surface area (Å²) in [5.74, 6) is 0.567. The fourth-order valence-corrected chi connectivity index (χ4v) is 4.08. The average Bonchev–Trinajstić information content (AvgIpc) is 2.97. The first kappa shape index (κ1) is 22.2. The number of benzene rings is 2. The number of amidine groups is 1. The Balaban J connectivity index is 0.00000140. The molecule has 1 aliphatic rings. The minimum atomic E-state index is 0. The van der Waals surface area contributed by atoms with Gasteiger partial charge in [-0.3, -0.25) is 4.99 Å². The highest BCUT2D eigenvalue weighted by atomic mass is 35.5. The van der Waals surface area contributed by atoms with Crippen LogP contribution in [-0.2, 0) is 13.0 Å². The lowest BCUT2D eigenvalue weighted by atomic mass is 10.1. The SMILES string of the molecule is Cl.Cl.NC(=NCc1ccccc1)c1ccc(-c2nc3c(s2)NCCCC3)cc1. The predicted molar refractivity (Wildman–Crippen MR) is 124 cm³/mol. The monoisotopic (exact) mass is 434 g/mol. The van der Waals surface area contributed by atoms with Gasteiger partial charge in [-0.15, -0.1) is 24.8 Å². The lowest BCUT2D eigenvalue weighted by molar-refractivity contribution is 0.775. The number of nitrogens with one attached hydrogen (secondary N) is 1. The largest absolute Gasteiger partial charge is 0.383 e. The predicted octanol–water partition coefficient (Wildman–Crippen LogP) is 5.31. The molecule has 4 rings (SSSR count). The first-order chi connectivity index (χ1) is 12.8. The van der Waals surface area contributed by atoms with E-state index in [-0.39, 0.29) is 24.8 Å². The summed E-state index contributed by atoms with van der Waals surface area (Å²) in [7, 11) is 0. The lowest BCUT2D eigenvalue weighted by Crippen LogP contribution is -2.13. The number of nitrogens with zero attached hydrogens (tertiary/aromatic N) is 2. The number of anilines is 1. The zero-order valence-corrected chi connectivity index (χ0v) is 17.9. The highest BCUT2D eigenvalue weighted by molar-refractivity contribution is 7.19. The van der Waals surface area contributed by atoms with Crippen molar-refractivity contribution in [2.75, 3.05) is 11.9 Å². The Labute approximate surface area is 182 Å². The maximum absolute atomic E-state index is 6.16. The molecule has 7 heteroatoms. The first-order valence-corrected chi connectivity index (χ1v) is 9.79. The van der Waals surface area contributed by atoms with Crippen molar-refractivity contribution in [2.24, 2.45) is 10.7 Å². The molecule has 0 amide bonds. The number of nitrogens with two attached hydrogens (primary N) is 1. The normalized spacial score (nSPS) is 13.4. The number of halogens is 2. The van der Waals surface area contributed by atoms with Gasteiger partial charge in [-0.1, -0.05) is 65.9 Å². The van der Waals surface area contributed by atoms with E-state index in [2.05, 4.69) is 34.6 Å². The molecule has 1 aliphatic heterocycles. The third-order valence-corrected chi connectivity index (χ3v) is 5.63. The van der Waals surface area contributed by atoms with Crippen LogP contribution < -0.4 is 11.1 Å². The maximum Gasteiger partial charge on any atom is 0.125 e. The van der Waals surface area contributed by atoms with E-state index in [1.165, 1.54) is 23.5 Å². The summed E-state index contributed by atoms with van der Waals surface area (Å²) in [6.45, 7) is 1.64. The Morgan fingerprint density at radius 2 is 1.79 bits per heavy atom. The zero-order valence-electron chi connectivity index (χ0n) is 15.4. The topological polar surface area (TPSA) is 63.3 Å². The van der Waals surface area contributed by atoms with Crippen molar-refractivity contribution in [1.82, 2.24) is 4.98 Å². The quantitative estimate of drug-likeness (QED) is 0.431. The number of hydrogen-bond donors (Lipinski definition) is 2. The Hall–Kier alpha value is -2.08. The van der Waals surface area contributed by atoms with Gasteiger partial charge in [-0.2, -0.15) is 0 Å². The first-order valence-electron chi connectivity index (χ1n) is 8.98. The van der Waals surface area contributed by atoms with Gasteiger partial charge in [0.25, 0.3) is 0 Å². The van der Waals surface area contributed by atoms with Crippen molar-refractivity contribution in [3.05, 3.63) is 71.4 Å². The third kappa shape index (κ3) is 5.25. The summed E-state index contributed by atoms with van der Waals surface area (Å²) in [4.78, 5) is 9.33. The van der Waals surface area contributed by atoms with Crippen LogP contribution in [0.3, 0.4) is 0 Å². The van der Waals surface area contributed by atoms with Crippen molar-refractivity contribution in [3.63, 3.8) is 0 Å². The second-order valence-electron chi connectivity index (χ2n) is 6.44. The van der Waals surface area contributed by atoms with Crippen molar-refractivity contribution < 1.29 is 0 Å². The highest BCUT2D eigenvalue weighted by Crippen LogP contribution is 2.34. The molecule has 0 bridgehead atoms. The van der Waals surface area contributed by atoms with Crippen LogP contribution in [0.15, 0.2) is 59.6 Å². The second kappa shape index (κ2) is 10.5. The van der Waals surface area contributed by atoms with Crippen LogP contribution in [0.25, 0.3) is 10.6 Å². The molecule has 0 radical (unpaired) electrons. The van der Waals surface area contributed by atoms with Crippen LogP contribution in [0.2, 0.25) is 0 Å². The van der Waals surface area contributed by atoms with Gasteiger partial charge in [0.15, 0.2) is 0 Å². The molecule has 3 aromatic rings. The summed E-state index contributed by atoms with van der Waals surface area (Å²) in [5.41, 5.74) is 10.6. The smallest absolute Gasteiger partial charge is 0.125 e. The fraction of sp³-hybridized carbons (Fsp3) is 0.238. The molecule has 0 saturated carbocycles. The standard InChI is InChI=1S/C21H22N4S.2ClH/c22-19(24-14-15-6-2-1-3-7-15)16-9-11-17(12-10-16)20-25-18-8-4-5-13-23-21(18)26-20;;/h1-3,6-7,9-12,23H,4-5,8,13-14H2,(H2,22,24);2*1H. The Morgan fingerprint density at radius 3 is 2.54 bits per heavy atom. The molecule has 148 valence electrons. The molecule has 28 heavy (non-hydrogen) atoms. The Morgan fingerprint density at radius 1 is 1.04 bits per heavy atom. The number of aryl methyl sites for hydroxylation is 1. The molecular formula is C21H24Cl2N4S. The fourth-order valence-electron chi connectivity index (χ4n) is 3.04. The molecule has 0 saturated heterocycles. The van der Waals surface area contributed by atoms with Crippen LogP contribution in [0.1, 0.15) is 29.7 Å². The van der Waals surface area contributed by atoms with E-state index in [1.807, 2.05) is 30.3 Å². The number of thiazole rings is 1. The van der Waals surface area contributed by atoms with Gasteiger partial charge in [0, 0.05) is 17.7 Å². The number of aliphatic imine (C=N–C) groups is 1. The van der Waals surface area contributed by atoms with Crippen LogP contribution >= 0.6 is 36.2 Å². The van der Waals surface area contributed by atoms with Gasteiger partial charge in [0.05, 0.1) is 12.2 Å². The van der Waals surface area contributed by atoms with E-state index < -0.39 is 0 Å². The lowest BCUT2D eigenvalue weighted by Gasteiger charge is -2.03. The third-order valence-electron chi connectivity index (χ3n) is 4.53. The van der Waals surface area contributed by atoms with Gasteiger partial charge in [0.2, 0.25) is 0 Å². The van der Waals surface area contributed by atoms with Crippen LogP contribution in [0, 0.1) is 0 Å². The van der Waals surface area contributed by atoms with E-state index in [1.54, 1.807) is 11.3 Å². The summed E-state index contributed by atoms with van der Waals surface area (Å²) >= 11 is 1.74. The van der Waals surface area contributed by atoms with E-state index >= 15 is 0 Å². The van der Waals surface area contributed by atoms with E-state index in [4.69, 9.17) is 10.7 Å². The van der Waals surface area contributed by atoms with Gasteiger partial charge in [-0.25, -0.2) is 4.98 Å². The van der Waals surface area contributed by atoms with Crippen LogP contribution in [-0.4, -0.2) is 17.4 Å². The van der Waals surface area contributed by atoms with Crippen LogP contribution in [0.4, 0.5) is 5.00 Å². The van der Waals surface area contributed by atoms with Crippen molar-refractivity contribution in [1.29, 1.82) is 0 Å². The van der Waals surface area contributed by atoms with E-state index in [0.717, 1.165) is 34.7 Å². The van der Waals surface area contributed by atoms with E-state index in [0.29, 0.717) is 12.4 Å². The van der Waals surface area contributed by atoms with Crippen molar-refractivity contribution >= 4 is 47.0 Å². The van der Waals surface area contributed by atoms with Gasteiger partial charge < -0.3 is 11.1 Å². The molecule has 2 heterocycles. The molecule has 0 atom stereocenters. The minimum Gasteiger partial charge on any atom is -0.383 e. The summed E-state index contributed by atoms with van der Waals surface area (Å²) < 4.78 is 0. The molecule has 0 unspecified atom stereocenters. The molecule has 0 spiro atoms. The van der Waals surface area contributed by atoms with E-state index in [9.17, 15) is 0 Å². The number of hydrogen-bond acceptors (Lipinski definition) is 4. The molecule has 0 aliphatic carbocycles. The molecule has 3 N–H and O–H groups in total. The van der Waals surface area contributed by atoms with Gasteiger partial charge in [0.1, 0.15) is 15.8 Å². The molecule has 2 aromatic carbocycles. The zero-order chi connectivity index (χ0) is 17.8. The maximum atomic E-state index is 6.16. The summed E-state index contributed by atoms with van der Waals surface area (Å²) in [5, 5.41) is 5.79. The summed E-state index contributed by atoms with van der Waals surface area (Å²) in [6, 6.07) is 18.4. The second-order valence-corrected chi connectivity index (χ2v) is 7.44. The number of aromatic nitrogens is 1. The van der Waals surface area contributed by atoms with Gasteiger partial charge in [-0.05, 0) is 24.8 Å². The average molecular weight is 435 g/mol. The minimum absolute atomic E-state index is 0. The van der Waals surface area contributed by atoms with Gasteiger partial charge >= 0.3 is 0 Å². The van der Waals surface area contributed by atoms with Crippen molar-refractivity contribution in [2.45, 2.75) is 25.8 Å². The Bertz CT molecular complexity index is 884. The molecule has 1 aromatic heterocycles. The van der Waals surface area contributed by atoms with Crippen LogP contribution in [0.5, 0.6) is 0 Å². The number of rotatable bonds is 4. The molecular weight excluding hydrogens is 411 g/mol. The summed E-state index contributed by atoms with van der Waals surface area (Å²) in [6.07, 6.45) is 3.49.